The van der Waals surface area contributed by atoms with E-state index in [1.54, 1.807) is 19.1 Å². The van der Waals surface area contributed by atoms with Gasteiger partial charge in [0.15, 0.2) is 28.6 Å². The number of nitrogens with two attached hydrogens (primary N) is 1. The summed E-state index contributed by atoms with van der Waals surface area (Å²) in [5.74, 6) is -0.319. The highest BCUT2D eigenvalue weighted by molar-refractivity contribution is 6.03. The monoisotopic (exact) mass is 1370 g/mol. The fraction of sp³-hybridized carbons (Fsp3) is 0.463. The van der Waals surface area contributed by atoms with Crippen LogP contribution in [-0.2, 0) is 47.8 Å². The van der Waals surface area contributed by atoms with Gasteiger partial charge < -0.3 is 39.5 Å². The van der Waals surface area contributed by atoms with Crippen LogP contribution in [0.5, 0.6) is 0 Å². The third-order valence-electron chi connectivity index (χ3n) is 20.6. The summed E-state index contributed by atoms with van der Waals surface area (Å²) in [5, 5.41) is 18.5. The maximum atomic E-state index is 14.3. The third-order valence-corrected chi connectivity index (χ3v) is 20.6. The van der Waals surface area contributed by atoms with Crippen molar-refractivity contribution in [3.8, 4) is 22.3 Å². The Morgan fingerprint density at radius 2 is 0.920 bits per heavy atom. The van der Waals surface area contributed by atoms with Crippen molar-refractivity contribution in [2.24, 2.45) is 33.8 Å². The minimum atomic E-state index is -1.08. The van der Waals surface area contributed by atoms with Gasteiger partial charge in [0.2, 0.25) is 0 Å². The third kappa shape index (κ3) is 16.8. The molecule has 2 amide bonds. The predicted octanol–water partition coefficient (Wildman–Crippen LogP) is 15.4. The molecule has 4 fully saturated rings. The van der Waals surface area contributed by atoms with Gasteiger partial charge in [-0.05, 0) is 112 Å². The number of benzene rings is 6. The number of oxime groups is 2. The second kappa shape index (κ2) is 33.6. The number of methoxy groups -OCH3 is 2. The van der Waals surface area contributed by atoms with E-state index < -0.39 is 47.5 Å². The molecule has 4 aliphatic heterocycles. The maximum Gasteiger partial charge on any atom is 0.410 e. The van der Waals surface area contributed by atoms with E-state index in [1.165, 1.54) is 32.5 Å². The SMILES string of the molecule is C.CCC[C@H](CC(=O)[C@@H]1C[C@]2(CC(c3ccccc3)=NO2)CN1C(=O)OCC1c2ccccc2-c2ccccc21)C(OC)C(=O)CC1CC1.CCC[C@H](N)C(OC)C(=O)CC1CC1.O=C(O)[C@@H]1C[C@]2(CC(c3ccccc3)=NO2)CN1C(=O)OCC1c2ccccc2-c2ccccc21.[2H]C.[2H]C. The minimum Gasteiger partial charge on any atom is -0.480 e. The van der Waals surface area contributed by atoms with Crippen molar-refractivity contribution in [1.29, 1.82) is 0 Å². The molecule has 18 heteroatoms. The Kier molecular flexibility index (Phi) is 24.3. The zero-order chi connectivity index (χ0) is 71.8. The predicted molar refractivity (Wildman–Crippen MR) is 388 cm³/mol. The van der Waals surface area contributed by atoms with Gasteiger partial charge in [-0.15, -0.1) is 0 Å². The molecule has 3 N–H and O–H groups in total. The fourth-order valence-corrected chi connectivity index (χ4v) is 15.3. The van der Waals surface area contributed by atoms with Gasteiger partial charge in [-0.1, -0.05) is 217 Å². The molecule has 8 aliphatic rings. The summed E-state index contributed by atoms with van der Waals surface area (Å²) >= 11 is 0. The van der Waals surface area contributed by atoms with E-state index in [2.05, 4.69) is 60.6 Å². The molecule has 6 aromatic rings. The molecule has 532 valence electrons. The lowest BCUT2D eigenvalue weighted by Crippen LogP contribution is -2.43. The Balaban J connectivity index is 0.000000195. The highest BCUT2D eigenvalue weighted by Gasteiger charge is 2.56. The highest BCUT2D eigenvalue weighted by Crippen LogP contribution is 2.48. The molecule has 4 heterocycles. The van der Waals surface area contributed by atoms with Crippen LogP contribution in [0.4, 0.5) is 9.59 Å². The van der Waals surface area contributed by atoms with Gasteiger partial charge >= 0.3 is 18.2 Å². The molecule has 100 heavy (non-hydrogen) atoms. The van der Waals surface area contributed by atoms with Crippen molar-refractivity contribution in [1.82, 2.24) is 9.80 Å². The van der Waals surface area contributed by atoms with Gasteiger partial charge in [0, 0.05) is 79.8 Å². The lowest BCUT2D eigenvalue weighted by molar-refractivity contribution is -0.142. The van der Waals surface area contributed by atoms with Crippen molar-refractivity contribution in [3.05, 3.63) is 191 Å². The number of amides is 2. The van der Waals surface area contributed by atoms with E-state index in [1.807, 2.05) is 121 Å². The Morgan fingerprint density at radius 3 is 1.30 bits per heavy atom. The van der Waals surface area contributed by atoms with Gasteiger partial charge in [-0.3, -0.25) is 24.2 Å². The van der Waals surface area contributed by atoms with Gasteiger partial charge in [-0.25, -0.2) is 14.4 Å². The second-order valence-electron chi connectivity index (χ2n) is 27.6. The Bertz CT molecular complexity index is 3810. The zero-order valence-corrected chi connectivity index (χ0v) is 57.9. The number of hydrogen-bond acceptors (Lipinski definition) is 15. The molecule has 6 aromatic carbocycles. The van der Waals surface area contributed by atoms with E-state index in [0.29, 0.717) is 50.4 Å². The molecule has 8 atom stereocenters. The number of nitrogens with zero attached hydrogens (tertiary/aromatic N) is 4. The number of carboxylic acid groups (broad SMARTS) is 1. The summed E-state index contributed by atoms with van der Waals surface area (Å²) in [7, 11) is 5.63. The van der Waals surface area contributed by atoms with Crippen LogP contribution in [0.25, 0.3) is 22.3 Å². The standard InChI is InChI=1S/C40H44N2O6.C28H24N2O5.C11H21NO2.3CH4/c1-3-11-28(38(46-2)37(44)20-26-18-19-26)21-36(43)35-23-40(22-34(41-48-40)27-12-5-4-6-13-27)25-42(35)39(45)47-24-33-31-16-9-7-14-29(31)30-15-8-10-17-32(30)33;31-26(32)25-15-28(14-24(29-35-28)18-8-2-1-3-9-18)17-30(25)27(33)34-16-23-21-12-6-4-10-19(21)20-11-5-7-13-22(20)23;1-3-4-9(12)11(14-2)10(13)7-8-5-6-8;;;/h4-10,12-17,26,28,33,35,38H,3,11,18-25H2,1-2H3;1-13,23,25H,14-17H2,(H,31,32);8-9,11H,3-7,12H2,1-2H3;3*1H4/t28-,35+,38?,40-;25-,28+;9-,11?;;;/m100.../s1/i;;;2*1D;. The number of rotatable bonds is 24. The highest BCUT2D eigenvalue weighted by atomic mass is 16.7. The molecule has 18 nitrogen and oxygen atoms in total. The van der Waals surface area contributed by atoms with E-state index in [4.69, 9.17) is 37.1 Å². The summed E-state index contributed by atoms with van der Waals surface area (Å²) in [6.45, 7) is 4.71. The van der Waals surface area contributed by atoms with Crippen LogP contribution in [0.15, 0.2) is 168 Å². The largest absolute Gasteiger partial charge is 0.480 e. The van der Waals surface area contributed by atoms with Crippen LogP contribution in [0.2, 0.25) is 0 Å². The van der Waals surface area contributed by atoms with Gasteiger partial charge in [0.25, 0.3) is 0 Å². The first-order valence-corrected chi connectivity index (χ1v) is 34.6. The minimum absolute atomic E-state index is 0. The number of fused-ring (bicyclic) bond motifs is 6. The average molecular weight is 1370 g/mol. The summed E-state index contributed by atoms with van der Waals surface area (Å²) < 4.78 is 34.3. The van der Waals surface area contributed by atoms with Crippen molar-refractivity contribution in [2.45, 2.75) is 186 Å². The molecule has 2 spiro atoms. The number of carbonyl (C=O) groups excluding carboxylic acids is 5. The maximum absolute atomic E-state index is 14.3. The molecule has 14 rings (SSSR count). The number of carboxylic acids is 1. The molecule has 0 bridgehead atoms. The summed E-state index contributed by atoms with van der Waals surface area (Å²) in [5.41, 5.74) is 16.7. The lowest BCUT2D eigenvalue weighted by atomic mass is 9.84. The normalized spacial score (nSPS) is 21.7. The number of aliphatic carboxylic acids is 1. The van der Waals surface area contributed by atoms with Crippen LogP contribution in [0.3, 0.4) is 0 Å². The molecular weight excluding hydrogens is 1260 g/mol. The van der Waals surface area contributed by atoms with Crippen LogP contribution in [0.1, 0.15) is 180 Å². The molecule has 2 unspecified atom stereocenters. The van der Waals surface area contributed by atoms with Gasteiger partial charge in [0.05, 0.1) is 30.6 Å². The average Bonchev–Trinajstić information content (AvgIpc) is 1.63. The van der Waals surface area contributed by atoms with E-state index >= 15 is 0 Å². The van der Waals surface area contributed by atoms with Crippen LogP contribution in [-0.4, -0.2) is 144 Å². The molecular formula is C82H101N5O13. The number of ether oxygens (including phenoxy) is 4. The van der Waals surface area contributed by atoms with Crippen LogP contribution in [0, 0.1) is 17.8 Å². The van der Waals surface area contributed by atoms with Crippen molar-refractivity contribution in [2.75, 3.05) is 40.5 Å². The number of hydrogen-bond donors (Lipinski definition) is 2. The van der Waals surface area contributed by atoms with Gasteiger partial charge in [-0.2, -0.15) is 0 Å². The Labute approximate surface area is 592 Å². The quantitative estimate of drug-likeness (QED) is 0.0574. The Morgan fingerprint density at radius 1 is 0.550 bits per heavy atom. The molecule has 2 saturated heterocycles. The first kappa shape index (κ1) is 72.4. The topological polar surface area (TPSA) is 235 Å². The zero-order valence-electron chi connectivity index (χ0n) is 59.9. The summed E-state index contributed by atoms with van der Waals surface area (Å²) in [4.78, 5) is 93.3. The van der Waals surface area contributed by atoms with Gasteiger partial charge in [0.1, 0.15) is 31.5 Å². The Hall–Kier alpha value is -8.84. The first-order valence-electron chi connectivity index (χ1n) is 36.6. The fourth-order valence-electron chi connectivity index (χ4n) is 15.3. The lowest BCUT2D eigenvalue weighted by Gasteiger charge is -2.28. The second-order valence-corrected chi connectivity index (χ2v) is 27.6. The van der Waals surface area contributed by atoms with E-state index in [0.717, 1.165) is 99.2 Å². The number of ketones is 3. The van der Waals surface area contributed by atoms with E-state index in [9.17, 15) is 33.9 Å². The summed E-state index contributed by atoms with van der Waals surface area (Å²) in [6.07, 6.45) is 8.39. The molecule has 0 aromatic heterocycles. The number of likely N-dealkylation sites (tertiary alicyclic amines) is 2. The number of carbonyl (C=O) groups is 6. The summed E-state index contributed by atoms with van der Waals surface area (Å²) in [6, 6.07) is 50.2. The van der Waals surface area contributed by atoms with Crippen LogP contribution < -0.4 is 5.73 Å². The smallest absolute Gasteiger partial charge is 0.410 e. The van der Waals surface area contributed by atoms with Crippen molar-refractivity contribution >= 4 is 46.9 Å². The number of Topliss-reactive ketones (excluding diaryl/α,β-unsaturated/α-hetero) is 3. The molecule has 2 saturated carbocycles. The van der Waals surface area contributed by atoms with E-state index in [-0.39, 0.29) is 93.8 Å². The van der Waals surface area contributed by atoms with Crippen molar-refractivity contribution < 1.29 is 65.2 Å². The van der Waals surface area contributed by atoms with Crippen molar-refractivity contribution in [3.63, 3.8) is 0 Å². The molecule has 4 aliphatic carbocycles. The first-order chi connectivity index (χ1) is 49.1. The molecule has 0 radical (unpaired) electrons. The van der Waals surface area contributed by atoms with Crippen LogP contribution >= 0.6 is 0 Å².